The molecule has 0 fully saturated rings. The highest BCUT2D eigenvalue weighted by Crippen LogP contribution is 2.41. The minimum Gasteiger partial charge on any atom is -0.540 e. The third kappa shape index (κ3) is 3.12. The van der Waals surface area contributed by atoms with Crippen LogP contribution >= 0.6 is 15.9 Å². The lowest BCUT2D eigenvalue weighted by Crippen LogP contribution is -2.13. The summed E-state index contributed by atoms with van der Waals surface area (Å²) >= 11 is 2.91. The molecule has 0 N–H and O–H groups in total. The Morgan fingerprint density at radius 1 is 0.826 bits per heavy atom. The average Bonchev–Trinajstić information content (AvgIpc) is 2.49. The van der Waals surface area contributed by atoms with E-state index in [1.54, 1.807) is 13.1 Å². The van der Waals surface area contributed by atoms with Crippen molar-refractivity contribution in [2.45, 2.75) is 13.1 Å². The Bertz CT molecular complexity index is 752. The molecule has 0 heterocycles. The Labute approximate surface area is 137 Å². The van der Waals surface area contributed by atoms with Crippen LogP contribution in [0.4, 0.5) is 26.3 Å². The third-order valence-electron chi connectivity index (χ3n) is 2.83. The number of rotatable bonds is 3. The molecule has 0 aliphatic heterocycles. The monoisotopic (exact) mass is 413 g/mol. The second-order valence-electron chi connectivity index (χ2n) is 4.69. The van der Waals surface area contributed by atoms with Crippen molar-refractivity contribution in [3.63, 3.8) is 0 Å². The molecule has 0 aliphatic carbocycles. The average molecular weight is 414 g/mol. The lowest BCUT2D eigenvalue weighted by Gasteiger charge is -2.16. The van der Waals surface area contributed by atoms with Crippen LogP contribution in [0.25, 0.3) is 11.1 Å². The van der Waals surface area contributed by atoms with E-state index in [4.69, 9.17) is 4.43 Å². The summed E-state index contributed by atoms with van der Waals surface area (Å²) in [6, 6.07) is 1.74. The molecule has 123 valence electrons. The first kappa shape index (κ1) is 17.9. The summed E-state index contributed by atoms with van der Waals surface area (Å²) in [5, 5.41) is 0. The molecule has 2 rings (SSSR count). The molecule has 0 bridgehead atoms. The zero-order valence-corrected chi connectivity index (χ0v) is 14.3. The summed E-state index contributed by atoms with van der Waals surface area (Å²) in [7, 11) is -1.44. The van der Waals surface area contributed by atoms with Crippen LogP contribution in [-0.2, 0) is 0 Å². The summed E-state index contributed by atoms with van der Waals surface area (Å²) in [5.74, 6) is -11.6. The van der Waals surface area contributed by atoms with Crippen LogP contribution in [-0.4, -0.2) is 9.04 Å². The zero-order valence-electron chi connectivity index (χ0n) is 11.7. The van der Waals surface area contributed by atoms with E-state index < -0.39 is 55.1 Å². The van der Waals surface area contributed by atoms with Crippen LogP contribution in [0.15, 0.2) is 16.6 Å². The van der Waals surface area contributed by atoms with Gasteiger partial charge in [-0.2, -0.15) is 0 Å². The highest BCUT2D eigenvalue weighted by molar-refractivity contribution is 9.10. The topological polar surface area (TPSA) is 9.23 Å². The van der Waals surface area contributed by atoms with Crippen molar-refractivity contribution in [2.75, 3.05) is 0 Å². The predicted molar refractivity (Wildman–Crippen MR) is 77.4 cm³/mol. The second kappa shape index (κ2) is 6.56. The van der Waals surface area contributed by atoms with Gasteiger partial charge in [0.15, 0.2) is 34.8 Å². The Kier molecular flexibility index (Phi) is 5.09. The van der Waals surface area contributed by atoms with E-state index in [-0.39, 0.29) is 10.2 Å². The van der Waals surface area contributed by atoms with Gasteiger partial charge in [0.05, 0.1) is 10.0 Å². The van der Waals surface area contributed by atoms with Gasteiger partial charge >= 0.3 is 0 Å². The van der Waals surface area contributed by atoms with Gasteiger partial charge < -0.3 is 4.43 Å². The maximum atomic E-state index is 13.9. The standard InChI is InChI=1S/C14H8BrF6OSi/c1-23(2)22-14-6(16)4-3-5(8(14)15)7-9(17)11(19)13(21)12(20)10(7)18/h3-4H,1-2H3. The van der Waals surface area contributed by atoms with Crippen molar-refractivity contribution in [3.05, 3.63) is 51.5 Å². The van der Waals surface area contributed by atoms with E-state index in [1.165, 1.54) is 0 Å². The summed E-state index contributed by atoms with van der Waals surface area (Å²) in [6.07, 6.45) is 0. The summed E-state index contributed by atoms with van der Waals surface area (Å²) in [4.78, 5) is 0. The smallest absolute Gasteiger partial charge is 0.274 e. The Balaban J connectivity index is 2.79. The molecule has 1 radical (unpaired) electrons. The molecule has 23 heavy (non-hydrogen) atoms. The minimum atomic E-state index is -2.26. The molecule has 0 aromatic heterocycles. The fourth-order valence-electron chi connectivity index (χ4n) is 1.86. The lowest BCUT2D eigenvalue weighted by atomic mass is 10.0. The van der Waals surface area contributed by atoms with Gasteiger partial charge in [0, 0.05) is 5.56 Å². The lowest BCUT2D eigenvalue weighted by molar-refractivity contribution is 0.381. The van der Waals surface area contributed by atoms with E-state index >= 15 is 0 Å². The number of benzene rings is 2. The summed E-state index contributed by atoms with van der Waals surface area (Å²) in [6.45, 7) is 3.36. The van der Waals surface area contributed by atoms with Crippen molar-refractivity contribution < 1.29 is 30.8 Å². The van der Waals surface area contributed by atoms with Gasteiger partial charge in [-0.15, -0.1) is 0 Å². The first-order valence-corrected chi connectivity index (χ1v) is 9.34. The van der Waals surface area contributed by atoms with Gasteiger partial charge in [-0.3, -0.25) is 0 Å². The molecule has 0 aliphatic rings. The van der Waals surface area contributed by atoms with Gasteiger partial charge in [0.2, 0.25) is 5.82 Å². The Morgan fingerprint density at radius 2 is 1.30 bits per heavy atom. The molecule has 0 saturated heterocycles. The van der Waals surface area contributed by atoms with Gasteiger partial charge in [-0.1, -0.05) is 0 Å². The maximum Gasteiger partial charge on any atom is 0.274 e. The molecule has 1 nitrogen and oxygen atoms in total. The molecular weight excluding hydrogens is 406 g/mol. The molecule has 9 heteroatoms. The number of hydrogen-bond acceptors (Lipinski definition) is 1. The van der Waals surface area contributed by atoms with E-state index in [9.17, 15) is 26.3 Å². The van der Waals surface area contributed by atoms with Crippen molar-refractivity contribution in [1.29, 1.82) is 0 Å². The van der Waals surface area contributed by atoms with E-state index in [0.29, 0.717) is 0 Å². The fraction of sp³-hybridized carbons (Fsp3) is 0.143. The van der Waals surface area contributed by atoms with Crippen LogP contribution in [0.5, 0.6) is 5.75 Å². The normalized spacial score (nSPS) is 11.2. The molecule has 0 unspecified atom stereocenters. The van der Waals surface area contributed by atoms with E-state index in [1.807, 2.05) is 0 Å². The zero-order chi connectivity index (χ0) is 17.5. The fourth-order valence-corrected chi connectivity index (χ4v) is 3.22. The largest absolute Gasteiger partial charge is 0.540 e. The van der Waals surface area contributed by atoms with Crippen LogP contribution in [0, 0.1) is 34.9 Å². The molecule has 0 saturated carbocycles. The first-order chi connectivity index (χ1) is 10.7. The van der Waals surface area contributed by atoms with Crippen LogP contribution < -0.4 is 4.43 Å². The van der Waals surface area contributed by atoms with Crippen LogP contribution in [0.3, 0.4) is 0 Å². The first-order valence-electron chi connectivity index (χ1n) is 6.14. The molecule has 2 aromatic rings. The summed E-state index contributed by atoms with van der Waals surface area (Å²) < 4.78 is 86.4. The summed E-state index contributed by atoms with van der Waals surface area (Å²) in [5.41, 5.74) is -1.56. The molecule has 0 amide bonds. The molecule has 0 atom stereocenters. The van der Waals surface area contributed by atoms with E-state index in [0.717, 1.165) is 12.1 Å². The second-order valence-corrected chi connectivity index (χ2v) is 7.51. The van der Waals surface area contributed by atoms with Gasteiger partial charge in [0.1, 0.15) is 0 Å². The highest BCUT2D eigenvalue weighted by Gasteiger charge is 2.29. The predicted octanol–water partition coefficient (Wildman–Crippen LogP) is 5.58. The van der Waals surface area contributed by atoms with Crippen LogP contribution in [0.2, 0.25) is 13.1 Å². The third-order valence-corrected chi connectivity index (χ3v) is 4.23. The Hall–Kier alpha value is -1.48. The maximum absolute atomic E-state index is 13.9. The molecule has 0 spiro atoms. The Morgan fingerprint density at radius 3 is 1.78 bits per heavy atom. The van der Waals surface area contributed by atoms with Crippen molar-refractivity contribution in [3.8, 4) is 16.9 Å². The van der Waals surface area contributed by atoms with Crippen molar-refractivity contribution >= 4 is 25.0 Å². The minimum absolute atomic E-state index is 0.230. The van der Waals surface area contributed by atoms with Gasteiger partial charge in [-0.05, 0) is 41.2 Å². The number of halogens is 7. The highest BCUT2D eigenvalue weighted by atomic mass is 79.9. The molecule has 2 aromatic carbocycles. The van der Waals surface area contributed by atoms with Gasteiger partial charge in [-0.25, -0.2) is 26.3 Å². The van der Waals surface area contributed by atoms with Crippen molar-refractivity contribution in [2.24, 2.45) is 0 Å². The SMILES string of the molecule is C[Si](C)Oc1c(F)ccc(-c2c(F)c(F)c(F)c(F)c2F)c1Br. The molecular formula is C14H8BrF6OSi. The van der Waals surface area contributed by atoms with Gasteiger partial charge in [0.25, 0.3) is 9.04 Å². The van der Waals surface area contributed by atoms with Crippen LogP contribution in [0.1, 0.15) is 0 Å². The quantitative estimate of drug-likeness (QED) is 0.276. The number of hydrogen-bond donors (Lipinski definition) is 0. The van der Waals surface area contributed by atoms with E-state index in [2.05, 4.69) is 15.9 Å². The van der Waals surface area contributed by atoms with Crippen molar-refractivity contribution in [1.82, 2.24) is 0 Å².